The van der Waals surface area contributed by atoms with E-state index in [-0.39, 0.29) is 27.0 Å². The highest BCUT2D eigenvalue weighted by atomic mass is 35.5. The number of carbonyl (C=O) groups excluding carboxylic acids is 4. The number of rotatable bonds is 5. The van der Waals surface area contributed by atoms with Crippen molar-refractivity contribution >= 4 is 35.2 Å². The summed E-state index contributed by atoms with van der Waals surface area (Å²) >= 11 is 5.68. The maximum Gasteiger partial charge on any atom is 0.349 e. The van der Waals surface area contributed by atoms with Crippen molar-refractivity contribution in [3.8, 4) is 0 Å². The summed E-state index contributed by atoms with van der Waals surface area (Å²) in [4.78, 5) is 50.3. The first-order chi connectivity index (χ1) is 17.5. The Kier molecular flexibility index (Phi) is 4.02. The third kappa shape index (κ3) is 4.08. The third-order valence-corrected chi connectivity index (χ3v) is 5.05. The van der Waals surface area contributed by atoms with Gasteiger partial charge < -0.3 is 10.2 Å². The number of hydrogen-bond acceptors (Lipinski definition) is 4. The average molecular weight is 468 g/mol. The van der Waals surface area contributed by atoms with Crippen molar-refractivity contribution in [2.75, 3.05) is 0 Å². The molecule has 166 valence electrons. The van der Waals surface area contributed by atoms with E-state index in [4.69, 9.17) is 19.9 Å². The van der Waals surface area contributed by atoms with Crippen LogP contribution >= 0.6 is 11.6 Å². The fraction of sp³-hybridized carbons (Fsp3) is 0.273. The predicted octanol–water partition coefficient (Wildman–Crippen LogP) is 2.51. The molecular formula is C22H18ClF2N3O4. The van der Waals surface area contributed by atoms with Crippen LogP contribution in [0.4, 0.5) is 8.78 Å². The van der Waals surface area contributed by atoms with Crippen molar-refractivity contribution in [1.29, 1.82) is 0 Å². The summed E-state index contributed by atoms with van der Waals surface area (Å²) in [6.07, 6.45) is -5.28. The molecule has 1 saturated heterocycles. The van der Waals surface area contributed by atoms with Gasteiger partial charge in [-0.05, 0) is 35.7 Å². The lowest BCUT2D eigenvalue weighted by Gasteiger charge is -2.29. The quantitative estimate of drug-likeness (QED) is 0.660. The van der Waals surface area contributed by atoms with E-state index < -0.39 is 67.0 Å². The van der Waals surface area contributed by atoms with E-state index in [2.05, 4.69) is 0 Å². The second kappa shape index (κ2) is 8.31. The van der Waals surface area contributed by atoms with Crippen LogP contribution in [0, 0.1) is 0 Å². The lowest BCUT2D eigenvalue weighted by molar-refractivity contribution is -0.147. The zero-order valence-electron chi connectivity index (χ0n) is 22.1. The molecule has 2 aromatic rings. The number of amides is 4. The van der Waals surface area contributed by atoms with Crippen molar-refractivity contribution in [2.45, 2.75) is 37.8 Å². The van der Waals surface area contributed by atoms with Gasteiger partial charge in [0.2, 0.25) is 11.8 Å². The Bertz CT molecular complexity index is 1370. The van der Waals surface area contributed by atoms with Crippen molar-refractivity contribution < 1.29 is 36.2 Å². The van der Waals surface area contributed by atoms with Gasteiger partial charge in [0.25, 0.3) is 11.8 Å². The zero-order chi connectivity index (χ0) is 28.4. The van der Waals surface area contributed by atoms with Gasteiger partial charge in [0.15, 0.2) is 1.41 Å². The molecule has 0 aliphatic carbocycles. The Morgan fingerprint density at radius 3 is 2.75 bits per heavy atom. The van der Waals surface area contributed by atoms with E-state index >= 15 is 0 Å². The smallest absolute Gasteiger partial charge is 0.346 e. The van der Waals surface area contributed by atoms with E-state index in [1.807, 2.05) is 0 Å². The monoisotopic (exact) mass is 467 g/mol. The largest absolute Gasteiger partial charge is 0.349 e. The molecule has 3 unspecified atom stereocenters. The number of carbonyl (C=O) groups is 4. The molecule has 0 bridgehead atoms. The number of nitrogens with one attached hydrogen (secondary N) is 2. The van der Waals surface area contributed by atoms with Gasteiger partial charge in [-0.1, -0.05) is 35.9 Å². The molecule has 0 saturated carbocycles. The minimum Gasteiger partial charge on any atom is -0.346 e. The lowest BCUT2D eigenvalue weighted by Crippen LogP contribution is -2.52. The maximum atomic E-state index is 14.7. The van der Waals surface area contributed by atoms with E-state index in [1.165, 1.54) is 0 Å². The summed E-state index contributed by atoms with van der Waals surface area (Å²) < 4.78 is 78.0. The standard InChI is InChI=1S/C22H18ClF2N3O4/c23-15-4-2-14(3-5-15)22(24,25)21(32)26-10-12-1-6-16-13(9-12)11-28(20(16)31)17-7-8-18(29)27-19(17)30/h1-6,9,17H,7-8,10-11H2,(H,26,32)(H,27,29,30)/i7D2,8D,10D,17D/hD. The number of fused-ring (bicyclic) bond motifs is 1. The number of alkyl halides is 2. The van der Waals surface area contributed by atoms with Crippen LogP contribution < -0.4 is 10.6 Å². The van der Waals surface area contributed by atoms with Gasteiger partial charge in [-0.15, -0.1) is 0 Å². The van der Waals surface area contributed by atoms with E-state index in [9.17, 15) is 28.0 Å². The fourth-order valence-corrected chi connectivity index (χ4v) is 3.33. The van der Waals surface area contributed by atoms with Gasteiger partial charge in [-0.3, -0.25) is 24.5 Å². The first-order valence-electron chi connectivity index (χ1n) is 12.3. The molecule has 2 heterocycles. The van der Waals surface area contributed by atoms with Gasteiger partial charge in [-0.25, -0.2) is 0 Å². The lowest BCUT2D eigenvalue weighted by atomic mass is 10.0. The maximum absolute atomic E-state index is 14.7. The van der Waals surface area contributed by atoms with Gasteiger partial charge in [0, 0.05) is 39.7 Å². The minimum atomic E-state index is -4.16. The van der Waals surface area contributed by atoms with E-state index in [0.29, 0.717) is 4.90 Å². The fourth-order valence-electron chi connectivity index (χ4n) is 3.21. The van der Waals surface area contributed by atoms with Crippen LogP contribution in [0.25, 0.3) is 0 Å². The Morgan fingerprint density at radius 2 is 2.03 bits per heavy atom. The molecule has 1 fully saturated rings. The van der Waals surface area contributed by atoms with Crippen molar-refractivity contribution in [3.63, 3.8) is 0 Å². The van der Waals surface area contributed by atoms with E-state index in [0.717, 1.165) is 42.5 Å². The average Bonchev–Trinajstić information content (AvgIpc) is 3.21. The van der Waals surface area contributed by atoms with Crippen LogP contribution in [0.3, 0.4) is 0 Å². The Balaban J connectivity index is 1.61. The van der Waals surface area contributed by atoms with Gasteiger partial charge in [-0.2, -0.15) is 8.78 Å². The van der Waals surface area contributed by atoms with Crippen molar-refractivity contribution in [2.24, 2.45) is 0 Å². The van der Waals surface area contributed by atoms with Crippen molar-refractivity contribution in [1.82, 2.24) is 15.5 Å². The molecular weight excluding hydrogens is 444 g/mol. The van der Waals surface area contributed by atoms with Crippen LogP contribution in [-0.4, -0.2) is 34.5 Å². The summed E-state index contributed by atoms with van der Waals surface area (Å²) in [5.41, 5.74) is -0.941. The second-order valence-corrected chi connectivity index (χ2v) is 7.34. The van der Waals surface area contributed by atoms with Gasteiger partial charge in [0.05, 0.1) is 2.74 Å². The summed E-state index contributed by atoms with van der Waals surface area (Å²) in [5, 5.41) is 1.64. The van der Waals surface area contributed by atoms with Crippen LogP contribution in [-0.2, 0) is 33.4 Å². The summed E-state index contributed by atoms with van der Waals surface area (Å²) in [6.45, 7) is -2.53. The number of imide groups is 1. The molecule has 0 aromatic heterocycles. The van der Waals surface area contributed by atoms with Crippen LogP contribution in [0.15, 0.2) is 42.5 Å². The normalized spacial score (nSPS) is 28.3. The minimum absolute atomic E-state index is 0.0590. The summed E-state index contributed by atoms with van der Waals surface area (Å²) in [7, 11) is 0. The molecule has 0 radical (unpaired) electrons. The highest BCUT2D eigenvalue weighted by Gasteiger charge is 2.41. The molecule has 0 spiro atoms. The molecule has 4 rings (SSSR count). The second-order valence-electron chi connectivity index (χ2n) is 6.91. The molecule has 10 heteroatoms. The molecule has 2 aromatic carbocycles. The molecule has 32 heavy (non-hydrogen) atoms. The first-order valence-corrected chi connectivity index (χ1v) is 9.54. The van der Waals surface area contributed by atoms with E-state index in [1.54, 1.807) is 5.32 Å². The first kappa shape index (κ1) is 15.5. The number of nitrogens with zero attached hydrogens (tertiary/aromatic N) is 1. The zero-order valence-corrected chi connectivity index (χ0v) is 16.8. The molecule has 4 amide bonds. The summed E-state index contributed by atoms with van der Waals surface area (Å²) in [6, 6.07) is 4.50. The highest BCUT2D eigenvalue weighted by Crippen LogP contribution is 2.30. The highest BCUT2D eigenvalue weighted by molar-refractivity contribution is 6.30. The Morgan fingerprint density at radius 1 is 1.31 bits per heavy atom. The SMILES string of the molecule is [2H]C(c1ccc2c(c1)CN(C1([2H])C(=O)NC(=O)C([2H])C1([2H])[2H])C2=O)N([2H])C(=O)C(F)(F)c1ccc(Cl)cc1. The van der Waals surface area contributed by atoms with Crippen LogP contribution in [0.2, 0.25) is 6.43 Å². The number of halogens is 3. The van der Waals surface area contributed by atoms with Crippen molar-refractivity contribution in [3.05, 3.63) is 69.7 Å². The molecule has 3 atom stereocenters. The number of piperidine rings is 1. The van der Waals surface area contributed by atoms with Gasteiger partial charge in [0.1, 0.15) is 6.02 Å². The molecule has 2 aliphatic heterocycles. The third-order valence-electron chi connectivity index (χ3n) is 4.80. The molecule has 2 aliphatic rings. The topological polar surface area (TPSA) is 95.6 Å². The van der Waals surface area contributed by atoms with Crippen LogP contribution in [0.1, 0.15) is 46.7 Å². The number of hydrogen-bond donors (Lipinski definition) is 2. The molecule has 7 nitrogen and oxygen atoms in total. The predicted molar refractivity (Wildman–Crippen MR) is 110 cm³/mol. The molecule has 2 N–H and O–H groups in total. The Labute approximate surface area is 195 Å². The van der Waals surface area contributed by atoms with Gasteiger partial charge >= 0.3 is 5.92 Å². The Hall–Kier alpha value is -3.33. The number of benzene rings is 2. The summed E-state index contributed by atoms with van der Waals surface area (Å²) in [5.74, 6) is -9.83. The van der Waals surface area contributed by atoms with Crippen LogP contribution in [0.5, 0.6) is 0 Å².